The number of anilines is 1. The average Bonchev–Trinajstić information content (AvgIpc) is 2.62. The van der Waals surface area contributed by atoms with E-state index in [2.05, 4.69) is 10.5 Å². The maximum absolute atomic E-state index is 13.5. The van der Waals surface area contributed by atoms with Crippen LogP contribution in [0.15, 0.2) is 41.6 Å². The molecule has 2 aromatic rings. The highest BCUT2D eigenvalue weighted by Gasteiger charge is 2.16. The topological polar surface area (TPSA) is 69.2 Å². The van der Waals surface area contributed by atoms with Gasteiger partial charge in [0.15, 0.2) is 11.5 Å². The monoisotopic (exact) mass is 380 g/mol. The SMILES string of the molecule is COc1cc(/C=N/OC(C)C(=O)Nc2ccccc2F)cc(Cl)c1OC. The lowest BCUT2D eigenvalue weighted by Gasteiger charge is -2.11. The average molecular weight is 381 g/mol. The van der Waals surface area contributed by atoms with Gasteiger partial charge >= 0.3 is 0 Å². The molecule has 0 spiro atoms. The van der Waals surface area contributed by atoms with Crippen molar-refractivity contribution >= 4 is 29.4 Å². The lowest BCUT2D eigenvalue weighted by atomic mass is 10.2. The van der Waals surface area contributed by atoms with Crippen LogP contribution in [0.2, 0.25) is 5.02 Å². The van der Waals surface area contributed by atoms with Gasteiger partial charge in [-0.25, -0.2) is 4.39 Å². The van der Waals surface area contributed by atoms with E-state index in [1.165, 1.54) is 45.6 Å². The highest BCUT2D eigenvalue weighted by atomic mass is 35.5. The van der Waals surface area contributed by atoms with E-state index in [1.54, 1.807) is 18.2 Å². The van der Waals surface area contributed by atoms with Gasteiger partial charge in [0.05, 0.1) is 31.1 Å². The molecule has 0 aliphatic carbocycles. The van der Waals surface area contributed by atoms with Crippen LogP contribution < -0.4 is 14.8 Å². The van der Waals surface area contributed by atoms with Gasteiger partial charge in [-0.1, -0.05) is 28.9 Å². The van der Waals surface area contributed by atoms with Crippen molar-refractivity contribution in [2.75, 3.05) is 19.5 Å². The van der Waals surface area contributed by atoms with Crippen molar-refractivity contribution in [3.8, 4) is 11.5 Å². The molecule has 0 heterocycles. The fraction of sp³-hybridized carbons (Fsp3) is 0.222. The Labute approximate surface area is 155 Å². The van der Waals surface area contributed by atoms with E-state index in [0.717, 1.165) is 0 Å². The van der Waals surface area contributed by atoms with Gasteiger partial charge in [0.25, 0.3) is 5.91 Å². The van der Waals surface area contributed by atoms with Crippen LogP contribution in [0.4, 0.5) is 10.1 Å². The number of para-hydroxylation sites is 1. The minimum Gasteiger partial charge on any atom is -0.493 e. The Morgan fingerprint density at radius 1 is 1.27 bits per heavy atom. The molecule has 1 N–H and O–H groups in total. The Balaban J connectivity index is 2.00. The van der Waals surface area contributed by atoms with Crippen molar-refractivity contribution in [1.29, 1.82) is 0 Å². The summed E-state index contributed by atoms with van der Waals surface area (Å²) in [5.41, 5.74) is 0.665. The summed E-state index contributed by atoms with van der Waals surface area (Å²) in [6.07, 6.45) is 0.447. The molecule has 0 saturated carbocycles. The zero-order chi connectivity index (χ0) is 19.1. The molecule has 1 amide bonds. The number of hydrogen-bond acceptors (Lipinski definition) is 5. The summed E-state index contributed by atoms with van der Waals surface area (Å²) in [7, 11) is 2.97. The molecule has 8 heteroatoms. The normalized spacial score (nSPS) is 11.9. The van der Waals surface area contributed by atoms with Crippen LogP contribution in [0.5, 0.6) is 11.5 Å². The minimum absolute atomic E-state index is 0.0728. The number of nitrogens with one attached hydrogen (secondary N) is 1. The maximum atomic E-state index is 13.5. The first-order chi connectivity index (χ1) is 12.5. The highest BCUT2D eigenvalue weighted by Crippen LogP contribution is 2.35. The van der Waals surface area contributed by atoms with Gasteiger partial charge in [-0.3, -0.25) is 4.79 Å². The van der Waals surface area contributed by atoms with E-state index in [9.17, 15) is 9.18 Å². The summed E-state index contributed by atoms with van der Waals surface area (Å²) < 4.78 is 23.9. The number of carbonyl (C=O) groups is 1. The summed E-state index contributed by atoms with van der Waals surface area (Å²) >= 11 is 6.10. The molecule has 0 aromatic heterocycles. The molecule has 2 aromatic carbocycles. The van der Waals surface area contributed by atoms with Gasteiger partial charge in [-0.15, -0.1) is 0 Å². The van der Waals surface area contributed by atoms with Crippen LogP contribution in [0.1, 0.15) is 12.5 Å². The molecule has 0 aliphatic heterocycles. The number of oxime groups is 1. The predicted octanol–water partition coefficient (Wildman–Crippen LogP) is 3.87. The number of nitrogens with zero attached hydrogens (tertiary/aromatic N) is 1. The quantitative estimate of drug-likeness (QED) is 0.584. The standard InChI is InChI=1S/C18H18ClFN2O4/c1-11(18(23)22-15-7-5-4-6-14(15)20)26-21-10-12-8-13(19)17(25-3)16(9-12)24-2/h4-11H,1-3H3,(H,22,23)/b21-10+. The van der Waals surface area contributed by atoms with Crippen LogP contribution in [0, 0.1) is 5.82 Å². The van der Waals surface area contributed by atoms with E-state index >= 15 is 0 Å². The second kappa shape index (κ2) is 9.05. The number of halogens is 2. The van der Waals surface area contributed by atoms with Crippen molar-refractivity contribution < 1.29 is 23.5 Å². The van der Waals surface area contributed by atoms with E-state index < -0.39 is 17.8 Å². The van der Waals surface area contributed by atoms with Crippen LogP contribution in [0.3, 0.4) is 0 Å². The number of carbonyl (C=O) groups excluding carboxylic acids is 1. The first-order valence-electron chi connectivity index (χ1n) is 7.62. The van der Waals surface area contributed by atoms with Gasteiger partial charge in [-0.2, -0.15) is 0 Å². The van der Waals surface area contributed by atoms with Gasteiger partial charge in [-0.05, 0) is 31.2 Å². The number of ether oxygens (including phenoxy) is 2. The van der Waals surface area contributed by atoms with Gasteiger partial charge in [0, 0.05) is 5.56 Å². The number of rotatable bonds is 7. The molecule has 138 valence electrons. The molecule has 0 radical (unpaired) electrons. The van der Waals surface area contributed by atoms with Crippen molar-refractivity contribution in [3.63, 3.8) is 0 Å². The van der Waals surface area contributed by atoms with Crippen molar-refractivity contribution in [2.45, 2.75) is 13.0 Å². The third-order valence-corrected chi connectivity index (χ3v) is 3.66. The largest absolute Gasteiger partial charge is 0.493 e. The molecule has 1 unspecified atom stereocenters. The Morgan fingerprint density at radius 2 is 2.00 bits per heavy atom. The van der Waals surface area contributed by atoms with Crippen molar-refractivity contribution in [2.24, 2.45) is 5.16 Å². The Morgan fingerprint density at radius 3 is 2.65 bits per heavy atom. The molecule has 0 fully saturated rings. The first-order valence-corrected chi connectivity index (χ1v) is 8.00. The first kappa shape index (κ1) is 19.5. The zero-order valence-corrected chi connectivity index (χ0v) is 15.2. The smallest absolute Gasteiger partial charge is 0.268 e. The Bertz CT molecular complexity index is 814. The third-order valence-electron chi connectivity index (χ3n) is 3.38. The summed E-state index contributed by atoms with van der Waals surface area (Å²) in [6.45, 7) is 1.50. The van der Waals surface area contributed by atoms with Crippen LogP contribution >= 0.6 is 11.6 Å². The van der Waals surface area contributed by atoms with Gasteiger partial charge < -0.3 is 19.6 Å². The Hall–Kier alpha value is -2.80. The van der Waals surface area contributed by atoms with Crippen LogP contribution in [0.25, 0.3) is 0 Å². The predicted molar refractivity (Wildman–Crippen MR) is 97.7 cm³/mol. The van der Waals surface area contributed by atoms with Gasteiger partial charge in [0.1, 0.15) is 5.82 Å². The lowest BCUT2D eigenvalue weighted by Crippen LogP contribution is -2.26. The zero-order valence-electron chi connectivity index (χ0n) is 14.5. The number of benzene rings is 2. The summed E-state index contributed by atoms with van der Waals surface area (Å²) in [6, 6.07) is 9.11. The Kier molecular flexibility index (Phi) is 6.80. The highest BCUT2D eigenvalue weighted by molar-refractivity contribution is 6.32. The number of hydrogen-bond donors (Lipinski definition) is 1. The summed E-state index contributed by atoms with van der Waals surface area (Å²) in [5.74, 6) is -0.217. The number of methoxy groups -OCH3 is 2. The molecule has 6 nitrogen and oxygen atoms in total. The molecule has 0 bridgehead atoms. The minimum atomic E-state index is -0.929. The summed E-state index contributed by atoms with van der Waals surface area (Å²) in [4.78, 5) is 17.1. The van der Waals surface area contributed by atoms with Crippen LogP contribution in [-0.2, 0) is 9.63 Å². The molecule has 1 atom stereocenters. The molecule has 0 saturated heterocycles. The fourth-order valence-corrected chi connectivity index (χ4v) is 2.34. The van der Waals surface area contributed by atoms with E-state index in [0.29, 0.717) is 22.1 Å². The second-order valence-corrected chi connectivity index (χ2v) is 5.60. The van der Waals surface area contributed by atoms with Crippen molar-refractivity contribution in [3.05, 3.63) is 52.8 Å². The third kappa shape index (κ3) is 4.86. The van der Waals surface area contributed by atoms with E-state index in [1.807, 2.05) is 0 Å². The van der Waals surface area contributed by atoms with E-state index in [4.69, 9.17) is 25.9 Å². The molecule has 2 rings (SSSR count). The lowest BCUT2D eigenvalue weighted by molar-refractivity contribution is -0.126. The summed E-state index contributed by atoms with van der Waals surface area (Å²) in [5, 5.41) is 6.54. The number of amides is 1. The fourth-order valence-electron chi connectivity index (χ4n) is 2.04. The van der Waals surface area contributed by atoms with Gasteiger partial charge in [0.2, 0.25) is 6.10 Å². The van der Waals surface area contributed by atoms with Crippen LogP contribution in [-0.4, -0.2) is 32.4 Å². The second-order valence-electron chi connectivity index (χ2n) is 5.19. The molecular formula is C18H18ClFN2O4. The van der Waals surface area contributed by atoms with E-state index in [-0.39, 0.29) is 5.69 Å². The molecular weight excluding hydrogens is 363 g/mol. The molecule has 26 heavy (non-hydrogen) atoms. The maximum Gasteiger partial charge on any atom is 0.268 e. The van der Waals surface area contributed by atoms with Crippen molar-refractivity contribution in [1.82, 2.24) is 0 Å². The molecule has 0 aliphatic rings.